The highest BCUT2D eigenvalue weighted by Gasteiger charge is 2.30. The van der Waals surface area contributed by atoms with E-state index in [0.717, 1.165) is 12.1 Å². The van der Waals surface area contributed by atoms with Crippen molar-refractivity contribution in [2.45, 2.75) is 6.36 Å². The van der Waals surface area contributed by atoms with Crippen LogP contribution in [0.1, 0.15) is 0 Å². The summed E-state index contributed by atoms with van der Waals surface area (Å²) in [6, 6.07) is 7.72. The first-order valence-electron chi connectivity index (χ1n) is 5.62. The van der Waals surface area contributed by atoms with Gasteiger partial charge in [0.15, 0.2) is 0 Å². The predicted octanol–water partition coefficient (Wildman–Crippen LogP) is 4.65. The molecule has 2 aromatic carbocycles. The summed E-state index contributed by atoms with van der Waals surface area (Å²) < 4.78 is 53.7. The minimum atomic E-state index is -4.74. The molecule has 3 nitrogen and oxygen atoms in total. The molecule has 3 N–H and O–H groups in total. The van der Waals surface area contributed by atoms with Gasteiger partial charge in [0, 0.05) is 11.8 Å². The number of nitrogen functional groups attached to an aromatic ring is 1. The molecule has 0 aromatic heterocycles. The lowest BCUT2D eigenvalue weighted by Crippen LogP contribution is -2.16. The van der Waals surface area contributed by atoms with Crippen LogP contribution in [0.2, 0.25) is 0 Å². The summed E-state index contributed by atoms with van der Waals surface area (Å²) in [5.74, 6) is -0.779. The molecule has 0 unspecified atom stereocenters. The zero-order chi connectivity index (χ0) is 15.6. The molecule has 21 heavy (non-hydrogen) atoms. The van der Waals surface area contributed by atoms with Crippen LogP contribution < -0.4 is 15.8 Å². The van der Waals surface area contributed by atoms with Crippen molar-refractivity contribution in [1.82, 2.24) is 0 Å². The molecule has 2 aromatic rings. The van der Waals surface area contributed by atoms with Gasteiger partial charge in [0.05, 0.1) is 14.9 Å². The maximum atomic E-state index is 13.5. The van der Waals surface area contributed by atoms with Gasteiger partial charge >= 0.3 is 6.36 Å². The largest absolute Gasteiger partial charge is 0.573 e. The average molecular weight is 412 g/mol. The molecule has 0 bridgehead atoms. The van der Waals surface area contributed by atoms with E-state index in [-0.39, 0.29) is 5.75 Å². The second-order valence-electron chi connectivity index (χ2n) is 4.05. The van der Waals surface area contributed by atoms with E-state index in [9.17, 15) is 17.6 Å². The molecule has 0 radical (unpaired) electrons. The Balaban J connectivity index is 2.16. The van der Waals surface area contributed by atoms with Crippen LogP contribution in [0.4, 0.5) is 34.6 Å². The molecule has 0 aliphatic carbocycles. The molecular formula is C13H9F4IN2O. The van der Waals surface area contributed by atoms with Gasteiger partial charge in [0.2, 0.25) is 0 Å². The molecule has 112 valence electrons. The number of alkyl halides is 3. The number of benzene rings is 2. The SMILES string of the molecule is Nc1cc(I)c(F)cc1Nc1ccc(OC(F)(F)F)cc1. The highest BCUT2D eigenvalue weighted by molar-refractivity contribution is 14.1. The first-order chi connectivity index (χ1) is 9.74. The number of ether oxygens (including phenoxy) is 1. The van der Waals surface area contributed by atoms with Crippen molar-refractivity contribution in [2.24, 2.45) is 0 Å². The highest BCUT2D eigenvalue weighted by atomic mass is 127. The summed E-state index contributed by atoms with van der Waals surface area (Å²) in [6.45, 7) is 0. The van der Waals surface area contributed by atoms with Gasteiger partial charge in [-0.1, -0.05) is 0 Å². The first-order valence-corrected chi connectivity index (χ1v) is 6.70. The topological polar surface area (TPSA) is 47.3 Å². The molecule has 0 amide bonds. The Hall–Kier alpha value is -1.71. The van der Waals surface area contributed by atoms with E-state index in [1.54, 1.807) is 0 Å². The van der Waals surface area contributed by atoms with Crippen molar-refractivity contribution < 1.29 is 22.3 Å². The molecular weight excluding hydrogens is 403 g/mol. The Morgan fingerprint density at radius 3 is 2.29 bits per heavy atom. The van der Waals surface area contributed by atoms with E-state index >= 15 is 0 Å². The maximum absolute atomic E-state index is 13.5. The normalized spacial score (nSPS) is 11.3. The zero-order valence-electron chi connectivity index (χ0n) is 10.3. The lowest BCUT2D eigenvalue weighted by Gasteiger charge is -2.12. The Bertz CT molecular complexity index is 644. The third-order valence-electron chi connectivity index (χ3n) is 2.46. The van der Waals surface area contributed by atoms with Crippen LogP contribution in [-0.4, -0.2) is 6.36 Å². The molecule has 0 heterocycles. The summed E-state index contributed by atoms with van der Waals surface area (Å²) in [5, 5.41) is 2.83. The van der Waals surface area contributed by atoms with Crippen molar-refractivity contribution in [1.29, 1.82) is 0 Å². The fourth-order valence-electron chi connectivity index (χ4n) is 1.57. The number of halogens is 5. The summed E-state index contributed by atoms with van der Waals surface area (Å²) >= 11 is 1.81. The first kappa shape index (κ1) is 15.7. The summed E-state index contributed by atoms with van der Waals surface area (Å²) in [4.78, 5) is 0. The number of nitrogens with one attached hydrogen (secondary N) is 1. The number of hydrogen-bond donors (Lipinski definition) is 2. The van der Waals surface area contributed by atoms with Crippen LogP contribution in [0.15, 0.2) is 36.4 Å². The summed E-state index contributed by atoms with van der Waals surface area (Å²) in [6.07, 6.45) is -4.74. The second kappa shape index (κ2) is 5.96. The summed E-state index contributed by atoms with van der Waals surface area (Å²) in [7, 11) is 0. The van der Waals surface area contributed by atoms with Crippen molar-refractivity contribution >= 4 is 39.7 Å². The third-order valence-corrected chi connectivity index (χ3v) is 3.29. The van der Waals surface area contributed by atoms with E-state index in [1.807, 2.05) is 22.6 Å². The number of rotatable bonds is 3. The lowest BCUT2D eigenvalue weighted by atomic mass is 10.2. The average Bonchev–Trinajstić information content (AvgIpc) is 2.36. The minimum absolute atomic E-state index is 0.330. The predicted molar refractivity (Wildman–Crippen MR) is 79.9 cm³/mol. The molecule has 0 saturated heterocycles. The summed E-state index contributed by atoms with van der Waals surface area (Å²) in [5.41, 5.74) is 6.86. The van der Waals surface area contributed by atoms with Gasteiger partial charge in [-0.05, 0) is 52.9 Å². The molecule has 0 atom stereocenters. The van der Waals surface area contributed by atoms with Crippen molar-refractivity contribution in [3.8, 4) is 5.75 Å². The molecule has 0 saturated carbocycles. The maximum Gasteiger partial charge on any atom is 0.573 e. The van der Waals surface area contributed by atoms with Crippen LogP contribution in [0.5, 0.6) is 5.75 Å². The van der Waals surface area contributed by atoms with E-state index in [0.29, 0.717) is 20.6 Å². The molecule has 0 aliphatic heterocycles. The molecule has 8 heteroatoms. The van der Waals surface area contributed by atoms with E-state index in [1.165, 1.54) is 24.3 Å². The smallest absolute Gasteiger partial charge is 0.406 e. The zero-order valence-corrected chi connectivity index (χ0v) is 12.5. The number of anilines is 3. The standard InChI is InChI=1S/C13H9F4IN2O/c14-9-5-12(11(19)6-10(9)18)20-7-1-3-8(4-2-7)21-13(15,16)17/h1-6,20H,19H2. The Kier molecular flexibility index (Phi) is 4.45. The van der Waals surface area contributed by atoms with Crippen LogP contribution in [0.3, 0.4) is 0 Å². The van der Waals surface area contributed by atoms with Gasteiger partial charge in [-0.3, -0.25) is 0 Å². The Morgan fingerprint density at radius 2 is 1.71 bits per heavy atom. The van der Waals surface area contributed by atoms with Gasteiger partial charge in [0.1, 0.15) is 11.6 Å². The fraction of sp³-hybridized carbons (Fsp3) is 0.0769. The lowest BCUT2D eigenvalue weighted by molar-refractivity contribution is -0.274. The number of hydrogen-bond acceptors (Lipinski definition) is 3. The van der Waals surface area contributed by atoms with Gasteiger partial charge in [-0.25, -0.2) is 4.39 Å². The fourth-order valence-corrected chi connectivity index (χ4v) is 2.06. The van der Waals surface area contributed by atoms with E-state index in [2.05, 4.69) is 10.1 Å². The Labute approximate surface area is 131 Å². The van der Waals surface area contributed by atoms with Crippen molar-refractivity contribution in [2.75, 3.05) is 11.1 Å². The van der Waals surface area contributed by atoms with Crippen LogP contribution in [0.25, 0.3) is 0 Å². The quantitative estimate of drug-likeness (QED) is 0.438. The van der Waals surface area contributed by atoms with Crippen molar-refractivity contribution in [3.63, 3.8) is 0 Å². The minimum Gasteiger partial charge on any atom is -0.406 e. The molecule has 0 spiro atoms. The van der Waals surface area contributed by atoms with Gasteiger partial charge in [-0.15, -0.1) is 13.2 Å². The second-order valence-corrected chi connectivity index (χ2v) is 5.21. The monoisotopic (exact) mass is 412 g/mol. The van der Waals surface area contributed by atoms with Crippen LogP contribution >= 0.6 is 22.6 Å². The third kappa shape index (κ3) is 4.38. The van der Waals surface area contributed by atoms with Crippen molar-refractivity contribution in [3.05, 3.63) is 45.8 Å². The van der Waals surface area contributed by atoms with Gasteiger partial charge < -0.3 is 15.8 Å². The van der Waals surface area contributed by atoms with Gasteiger partial charge in [0.25, 0.3) is 0 Å². The van der Waals surface area contributed by atoms with Crippen LogP contribution in [-0.2, 0) is 0 Å². The molecule has 2 rings (SSSR count). The van der Waals surface area contributed by atoms with Gasteiger partial charge in [-0.2, -0.15) is 0 Å². The Morgan fingerprint density at radius 1 is 1.10 bits per heavy atom. The van der Waals surface area contributed by atoms with E-state index in [4.69, 9.17) is 5.73 Å². The number of nitrogens with two attached hydrogens (primary N) is 1. The van der Waals surface area contributed by atoms with E-state index < -0.39 is 12.2 Å². The molecule has 0 aliphatic rings. The molecule has 0 fully saturated rings. The van der Waals surface area contributed by atoms with Crippen LogP contribution in [0, 0.1) is 9.39 Å². The highest BCUT2D eigenvalue weighted by Crippen LogP contribution is 2.29.